The summed E-state index contributed by atoms with van der Waals surface area (Å²) in [5.74, 6) is 0.785. The highest BCUT2D eigenvalue weighted by Crippen LogP contribution is 2.24. The summed E-state index contributed by atoms with van der Waals surface area (Å²) in [5.41, 5.74) is 0. The second-order valence-electron chi connectivity index (χ2n) is 5.16. The minimum Gasteiger partial charge on any atom is -0.301 e. The van der Waals surface area contributed by atoms with E-state index in [1.165, 1.54) is 42.1 Å². The molecule has 1 aliphatic heterocycles. The van der Waals surface area contributed by atoms with Gasteiger partial charge in [0.05, 0.1) is 0 Å². The van der Waals surface area contributed by atoms with Gasteiger partial charge < -0.3 is 4.90 Å². The van der Waals surface area contributed by atoms with Crippen molar-refractivity contribution in [1.29, 1.82) is 0 Å². The number of hydrogen-bond donors (Lipinski definition) is 0. The van der Waals surface area contributed by atoms with Crippen LogP contribution in [0, 0.1) is 5.92 Å². The largest absolute Gasteiger partial charge is 0.301 e. The Bertz CT molecular complexity index is 343. The quantitative estimate of drug-likeness (QED) is 0.841. The first-order chi connectivity index (χ1) is 8.15. The van der Waals surface area contributed by atoms with E-state index in [-0.39, 0.29) is 0 Å². The molecule has 0 aliphatic carbocycles. The van der Waals surface area contributed by atoms with Gasteiger partial charge in [-0.1, -0.05) is 13.8 Å². The highest BCUT2D eigenvalue weighted by atomic mass is 79.9. The lowest BCUT2D eigenvalue weighted by Crippen LogP contribution is -2.46. The van der Waals surface area contributed by atoms with Crippen LogP contribution in [0.25, 0.3) is 0 Å². The molecule has 2 nitrogen and oxygen atoms in total. The van der Waals surface area contributed by atoms with Crippen molar-refractivity contribution in [3.8, 4) is 0 Å². The predicted molar refractivity (Wildman–Crippen MR) is 78.6 cm³/mol. The summed E-state index contributed by atoms with van der Waals surface area (Å²) in [7, 11) is 0. The average Bonchev–Trinajstić information content (AvgIpc) is 2.67. The molecule has 1 aromatic heterocycles. The zero-order valence-electron chi connectivity index (χ0n) is 10.7. The van der Waals surface area contributed by atoms with Gasteiger partial charge in [0.15, 0.2) is 0 Å². The monoisotopic (exact) mass is 316 g/mol. The third kappa shape index (κ3) is 4.05. The third-order valence-electron chi connectivity index (χ3n) is 3.15. The van der Waals surface area contributed by atoms with E-state index in [1.54, 1.807) is 0 Å². The maximum atomic E-state index is 3.61. The molecule has 4 heteroatoms. The molecule has 0 unspecified atom stereocenters. The van der Waals surface area contributed by atoms with E-state index >= 15 is 0 Å². The van der Waals surface area contributed by atoms with E-state index in [1.807, 2.05) is 11.3 Å². The summed E-state index contributed by atoms with van der Waals surface area (Å²) in [5, 5.41) is 2.16. The van der Waals surface area contributed by atoms with Crippen LogP contribution in [0.4, 0.5) is 0 Å². The van der Waals surface area contributed by atoms with E-state index in [0.29, 0.717) is 0 Å². The second kappa shape index (κ2) is 6.32. The van der Waals surface area contributed by atoms with Crippen LogP contribution >= 0.6 is 27.3 Å². The molecule has 1 aliphatic rings. The fourth-order valence-electron chi connectivity index (χ4n) is 2.29. The fourth-order valence-corrected chi connectivity index (χ4v) is 3.81. The molecule has 0 saturated carbocycles. The van der Waals surface area contributed by atoms with Gasteiger partial charge in [-0.05, 0) is 33.3 Å². The van der Waals surface area contributed by atoms with Crippen LogP contribution in [-0.4, -0.2) is 42.5 Å². The number of piperazine rings is 1. The summed E-state index contributed by atoms with van der Waals surface area (Å²) in [6.07, 6.45) is 0. The first-order valence-corrected chi connectivity index (χ1v) is 7.99. The molecule has 2 rings (SSSR count). The molecule has 0 atom stereocenters. The lowest BCUT2D eigenvalue weighted by molar-refractivity contribution is 0.118. The van der Waals surface area contributed by atoms with Crippen molar-refractivity contribution in [2.24, 2.45) is 5.92 Å². The maximum absolute atomic E-state index is 3.61. The first-order valence-electron chi connectivity index (χ1n) is 6.31. The van der Waals surface area contributed by atoms with Crippen LogP contribution < -0.4 is 0 Å². The summed E-state index contributed by atoms with van der Waals surface area (Å²) in [6.45, 7) is 11.8. The molecule has 0 amide bonds. The van der Waals surface area contributed by atoms with Crippen molar-refractivity contribution >= 4 is 27.3 Å². The van der Waals surface area contributed by atoms with Crippen molar-refractivity contribution in [2.75, 3.05) is 32.7 Å². The highest BCUT2D eigenvalue weighted by molar-refractivity contribution is 9.10. The molecular weight excluding hydrogens is 296 g/mol. The number of rotatable bonds is 4. The minimum atomic E-state index is 0.785. The maximum Gasteiger partial charge on any atom is 0.0340 e. The summed E-state index contributed by atoms with van der Waals surface area (Å²) < 4.78 is 1.27. The van der Waals surface area contributed by atoms with Crippen molar-refractivity contribution in [3.05, 3.63) is 20.8 Å². The van der Waals surface area contributed by atoms with Gasteiger partial charge in [0.25, 0.3) is 0 Å². The smallest absolute Gasteiger partial charge is 0.0340 e. The van der Waals surface area contributed by atoms with Crippen molar-refractivity contribution in [2.45, 2.75) is 20.4 Å². The van der Waals surface area contributed by atoms with E-state index in [0.717, 1.165) is 12.5 Å². The zero-order valence-corrected chi connectivity index (χ0v) is 13.1. The van der Waals surface area contributed by atoms with Gasteiger partial charge >= 0.3 is 0 Å². The molecule has 1 aromatic rings. The summed E-state index contributed by atoms with van der Waals surface area (Å²) in [6, 6.07) is 2.15. The standard InChI is InChI=1S/C13H21BrN2S/c1-11(2)9-15-4-6-16(7-5-15)10-13-12(14)3-8-17-13/h3,8,11H,4-7,9-10H2,1-2H3. The number of nitrogens with zero attached hydrogens (tertiary/aromatic N) is 2. The van der Waals surface area contributed by atoms with E-state index < -0.39 is 0 Å². The Hall–Kier alpha value is 0.100. The average molecular weight is 317 g/mol. The molecule has 0 spiro atoms. The number of thiophene rings is 1. The van der Waals surface area contributed by atoms with Crippen LogP contribution in [0.1, 0.15) is 18.7 Å². The number of halogens is 1. The molecule has 96 valence electrons. The highest BCUT2D eigenvalue weighted by Gasteiger charge is 2.18. The molecule has 1 fully saturated rings. The van der Waals surface area contributed by atoms with Gasteiger partial charge in [0.1, 0.15) is 0 Å². The molecule has 0 bridgehead atoms. The topological polar surface area (TPSA) is 6.48 Å². The van der Waals surface area contributed by atoms with Crippen molar-refractivity contribution in [3.63, 3.8) is 0 Å². The summed E-state index contributed by atoms with van der Waals surface area (Å²) >= 11 is 5.46. The normalized spacial score (nSPS) is 19.1. The Morgan fingerprint density at radius 3 is 2.41 bits per heavy atom. The van der Waals surface area contributed by atoms with Gasteiger partial charge in [-0.2, -0.15) is 0 Å². The third-order valence-corrected chi connectivity index (χ3v) is 5.06. The molecule has 2 heterocycles. The van der Waals surface area contributed by atoms with E-state index in [2.05, 4.69) is 51.0 Å². The summed E-state index contributed by atoms with van der Waals surface area (Å²) in [4.78, 5) is 6.61. The fraction of sp³-hybridized carbons (Fsp3) is 0.692. The Labute approximate surface area is 117 Å². The van der Waals surface area contributed by atoms with Crippen molar-refractivity contribution in [1.82, 2.24) is 9.80 Å². The van der Waals surface area contributed by atoms with Gasteiger partial charge in [-0.25, -0.2) is 0 Å². The van der Waals surface area contributed by atoms with Gasteiger partial charge in [0.2, 0.25) is 0 Å². The SMILES string of the molecule is CC(C)CN1CCN(Cc2sccc2Br)CC1. The van der Waals surface area contributed by atoms with Crippen molar-refractivity contribution < 1.29 is 0 Å². The van der Waals surface area contributed by atoms with Gasteiger partial charge in [-0.15, -0.1) is 11.3 Å². The Morgan fingerprint density at radius 1 is 1.24 bits per heavy atom. The van der Waals surface area contributed by atoms with Crippen LogP contribution in [-0.2, 0) is 6.54 Å². The second-order valence-corrected chi connectivity index (χ2v) is 7.02. The van der Waals surface area contributed by atoms with Crippen LogP contribution in [0.5, 0.6) is 0 Å². The molecular formula is C13H21BrN2S. The van der Waals surface area contributed by atoms with Crippen LogP contribution in [0.15, 0.2) is 15.9 Å². The zero-order chi connectivity index (χ0) is 12.3. The molecule has 17 heavy (non-hydrogen) atoms. The lowest BCUT2D eigenvalue weighted by Gasteiger charge is -2.35. The van der Waals surface area contributed by atoms with E-state index in [4.69, 9.17) is 0 Å². The molecule has 0 N–H and O–H groups in total. The Kier molecular flexibility index (Phi) is 5.03. The Balaban J connectivity index is 1.78. The number of hydrogen-bond acceptors (Lipinski definition) is 3. The minimum absolute atomic E-state index is 0.785. The van der Waals surface area contributed by atoms with E-state index in [9.17, 15) is 0 Å². The van der Waals surface area contributed by atoms with Gasteiger partial charge in [0, 0.05) is 48.6 Å². The van der Waals surface area contributed by atoms with Crippen LogP contribution in [0.2, 0.25) is 0 Å². The van der Waals surface area contributed by atoms with Gasteiger partial charge in [-0.3, -0.25) is 4.90 Å². The van der Waals surface area contributed by atoms with Crippen LogP contribution in [0.3, 0.4) is 0 Å². The molecule has 1 saturated heterocycles. The lowest BCUT2D eigenvalue weighted by atomic mass is 10.2. The molecule has 0 aromatic carbocycles. The molecule has 0 radical (unpaired) electrons. The first kappa shape index (κ1) is 13.5. The Morgan fingerprint density at radius 2 is 1.88 bits per heavy atom. The predicted octanol–water partition coefficient (Wildman–Crippen LogP) is 3.28.